The number of anilines is 1. The van der Waals surface area contributed by atoms with E-state index >= 15 is 0 Å². The molecule has 1 aliphatic rings. The lowest BCUT2D eigenvalue weighted by molar-refractivity contribution is 0.205. The van der Waals surface area contributed by atoms with Gasteiger partial charge in [-0.15, -0.1) is 0 Å². The molecule has 1 unspecified atom stereocenters. The number of hydrogen-bond donors (Lipinski definition) is 1. The number of nitrogens with zero attached hydrogens (tertiary/aromatic N) is 3. The summed E-state index contributed by atoms with van der Waals surface area (Å²) in [5, 5.41) is 4.03. The van der Waals surface area contributed by atoms with Crippen LogP contribution in [-0.4, -0.2) is 54.3 Å². The zero-order valence-electron chi connectivity index (χ0n) is 21.2. The Kier molecular flexibility index (Phi) is 9.23. The number of benzene rings is 2. The summed E-state index contributed by atoms with van der Waals surface area (Å²) in [4.78, 5) is 6.34. The normalized spacial score (nSPS) is 15.4. The summed E-state index contributed by atoms with van der Waals surface area (Å²) in [5.74, 6) is 0.593. The van der Waals surface area contributed by atoms with Crippen molar-refractivity contribution in [2.45, 2.75) is 37.5 Å². The van der Waals surface area contributed by atoms with Crippen molar-refractivity contribution in [3.8, 4) is 16.9 Å². The summed E-state index contributed by atoms with van der Waals surface area (Å²) < 4.78 is 60.4. The lowest BCUT2D eigenvalue weighted by Crippen LogP contribution is -2.35. The average Bonchev–Trinajstić information content (AvgIpc) is 3.40. The van der Waals surface area contributed by atoms with Crippen molar-refractivity contribution in [1.29, 1.82) is 0 Å². The summed E-state index contributed by atoms with van der Waals surface area (Å²) in [6, 6.07) is 9.46. The van der Waals surface area contributed by atoms with E-state index in [1.54, 1.807) is 24.3 Å². The van der Waals surface area contributed by atoms with Crippen LogP contribution in [-0.2, 0) is 15.7 Å². The Hall–Kier alpha value is -2.89. The van der Waals surface area contributed by atoms with Crippen molar-refractivity contribution >= 4 is 17.0 Å². The highest BCUT2D eigenvalue weighted by Crippen LogP contribution is 2.29. The second kappa shape index (κ2) is 12.6. The van der Waals surface area contributed by atoms with Crippen LogP contribution < -0.4 is 14.4 Å². The van der Waals surface area contributed by atoms with E-state index in [2.05, 4.69) is 19.8 Å². The van der Waals surface area contributed by atoms with Gasteiger partial charge in [0.2, 0.25) is 0 Å². The van der Waals surface area contributed by atoms with Gasteiger partial charge in [0.25, 0.3) is 0 Å². The highest BCUT2D eigenvalue weighted by Gasteiger charge is 2.24. The van der Waals surface area contributed by atoms with Gasteiger partial charge in [0.15, 0.2) is 5.82 Å². The van der Waals surface area contributed by atoms with Crippen molar-refractivity contribution in [2.75, 3.05) is 44.9 Å². The molecule has 0 aliphatic carbocycles. The maximum Gasteiger partial charge on any atom is 0.324 e. The molecule has 4 rings (SSSR count). The molecule has 1 fully saturated rings. The minimum Gasteiger partial charge on any atom is -0.493 e. The molecule has 1 aliphatic heterocycles. The van der Waals surface area contributed by atoms with Gasteiger partial charge in [-0.1, -0.05) is 31.1 Å². The van der Waals surface area contributed by atoms with E-state index < -0.39 is 22.6 Å². The van der Waals surface area contributed by atoms with Crippen LogP contribution >= 0.6 is 0 Å². The standard InChI is InChI=1S/C26H32F2N4O4S/c1-17(2)25-30-26(36-31-25)32-11-8-18(9-12-32)16-35-20-6-4-19(5-7-20)21-14-23(28)24(15-22(21)27)37(33)29-10-13-34-3/h4-7,14-15,17-18,29H,8-13,16H2,1-3H3. The average molecular weight is 535 g/mol. The molecular weight excluding hydrogens is 502 g/mol. The first-order valence-corrected chi connectivity index (χ1v) is 13.5. The van der Waals surface area contributed by atoms with Crippen LogP contribution in [0.3, 0.4) is 0 Å². The van der Waals surface area contributed by atoms with Crippen molar-refractivity contribution in [2.24, 2.45) is 5.92 Å². The van der Waals surface area contributed by atoms with Crippen LogP contribution in [0, 0.1) is 17.6 Å². The molecule has 1 N–H and O–H groups in total. The fourth-order valence-corrected chi connectivity index (χ4v) is 4.90. The molecule has 200 valence electrons. The summed E-state index contributed by atoms with van der Waals surface area (Å²) in [5.41, 5.74) is 0.595. The third-order valence-corrected chi connectivity index (χ3v) is 7.42. The number of aromatic nitrogens is 2. The minimum atomic E-state index is -1.87. The van der Waals surface area contributed by atoms with Gasteiger partial charge in [0.05, 0.1) is 18.1 Å². The molecule has 2 heterocycles. The molecule has 0 bridgehead atoms. The largest absolute Gasteiger partial charge is 0.493 e. The Bertz CT molecular complexity index is 1200. The lowest BCUT2D eigenvalue weighted by Gasteiger charge is -2.30. The first-order valence-electron chi connectivity index (χ1n) is 12.3. The van der Waals surface area contributed by atoms with Gasteiger partial charge in [-0.05, 0) is 48.6 Å². The van der Waals surface area contributed by atoms with E-state index in [-0.39, 0.29) is 22.9 Å². The number of ether oxygens (including phenoxy) is 2. The van der Waals surface area contributed by atoms with Crippen LogP contribution in [0.15, 0.2) is 45.8 Å². The Morgan fingerprint density at radius 1 is 1.16 bits per heavy atom. The first-order chi connectivity index (χ1) is 17.9. The van der Waals surface area contributed by atoms with E-state index in [4.69, 9.17) is 14.0 Å². The number of methoxy groups -OCH3 is 1. The molecule has 1 aromatic heterocycles. The molecule has 37 heavy (non-hydrogen) atoms. The van der Waals surface area contributed by atoms with Crippen LogP contribution in [0.25, 0.3) is 11.1 Å². The predicted octanol–water partition coefficient (Wildman–Crippen LogP) is 4.69. The molecule has 0 spiro atoms. The third-order valence-electron chi connectivity index (χ3n) is 6.24. The molecular formula is C26H32F2N4O4S. The summed E-state index contributed by atoms with van der Waals surface area (Å²) >= 11 is 0. The third kappa shape index (κ3) is 6.91. The predicted molar refractivity (Wildman–Crippen MR) is 137 cm³/mol. The topological polar surface area (TPSA) is 89.7 Å². The monoisotopic (exact) mass is 534 g/mol. The van der Waals surface area contributed by atoms with Gasteiger partial charge in [0, 0.05) is 38.2 Å². The second-order valence-electron chi connectivity index (χ2n) is 9.27. The Morgan fingerprint density at radius 3 is 2.54 bits per heavy atom. The summed E-state index contributed by atoms with van der Waals surface area (Å²) in [6.45, 7) is 6.82. The molecule has 3 aromatic rings. The highest BCUT2D eigenvalue weighted by molar-refractivity contribution is 7.83. The molecule has 1 saturated heterocycles. The van der Waals surface area contributed by atoms with Gasteiger partial charge < -0.3 is 18.9 Å². The quantitative estimate of drug-likeness (QED) is 0.357. The molecule has 0 amide bonds. The van der Waals surface area contributed by atoms with E-state index in [1.165, 1.54) is 7.11 Å². The first kappa shape index (κ1) is 27.2. The van der Waals surface area contributed by atoms with Crippen molar-refractivity contribution < 1.29 is 27.0 Å². The number of piperidine rings is 1. The van der Waals surface area contributed by atoms with Gasteiger partial charge >= 0.3 is 6.01 Å². The Balaban J connectivity index is 1.30. The maximum absolute atomic E-state index is 14.7. The van der Waals surface area contributed by atoms with E-state index in [0.717, 1.165) is 38.1 Å². The van der Waals surface area contributed by atoms with Gasteiger partial charge in [0.1, 0.15) is 28.4 Å². The minimum absolute atomic E-state index is 0.0933. The number of nitrogens with one attached hydrogen (secondary N) is 1. The van der Waals surface area contributed by atoms with Gasteiger partial charge in [-0.2, -0.15) is 4.98 Å². The highest BCUT2D eigenvalue weighted by atomic mass is 32.2. The molecule has 1 atom stereocenters. The van der Waals surface area contributed by atoms with E-state index in [9.17, 15) is 13.0 Å². The molecule has 0 saturated carbocycles. The SMILES string of the molecule is COCCNS(=O)c1cc(F)c(-c2ccc(OCC3CCN(c4nc(C(C)C)no4)CC3)cc2)cc1F. The molecule has 2 aromatic carbocycles. The zero-order chi connectivity index (χ0) is 26.4. The zero-order valence-corrected chi connectivity index (χ0v) is 22.0. The van der Waals surface area contributed by atoms with Crippen molar-refractivity contribution in [3.05, 3.63) is 53.9 Å². The Labute approximate surface area is 217 Å². The Morgan fingerprint density at radius 2 is 1.89 bits per heavy atom. The fourth-order valence-electron chi connectivity index (χ4n) is 4.03. The molecule has 11 heteroatoms. The molecule has 0 radical (unpaired) electrons. The van der Waals surface area contributed by atoms with Crippen molar-refractivity contribution in [3.63, 3.8) is 0 Å². The molecule has 8 nitrogen and oxygen atoms in total. The lowest BCUT2D eigenvalue weighted by atomic mass is 9.98. The van der Waals surface area contributed by atoms with E-state index in [1.807, 2.05) is 13.8 Å². The number of hydrogen-bond acceptors (Lipinski definition) is 7. The van der Waals surface area contributed by atoms with Crippen LogP contribution in [0.1, 0.15) is 38.4 Å². The van der Waals surface area contributed by atoms with Crippen molar-refractivity contribution in [1.82, 2.24) is 14.9 Å². The van der Waals surface area contributed by atoms with E-state index in [0.29, 0.717) is 42.3 Å². The fraction of sp³-hybridized carbons (Fsp3) is 0.462. The van der Waals surface area contributed by atoms with Crippen LogP contribution in [0.5, 0.6) is 5.75 Å². The second-order valence-corrected chi connectivity index (χ2v) is 10.5. The smallest absolute Gasteiger partial charge is 0.324 e. The van der Waals surface area contributed by atoms with Gasteiger partial charge in [-0.3, -0.25) is 0 Å². The summed E-state index contributed by atoms with van der Waals surface area (Å²) in [6.07, 6.45) is 1.88. The van der Waals surface area contributed by atoms with Crippen LogP contribution in [0.2, 0.25) is 0 Å². The van der Waals surface area contributed by atoms with Gasteiger partial charge in [-0.25, -0.2) is 17.7 Å². The number of halogens is 2. The number of rotatable bonds is 11. The van der Waals surface area contributed by atoms with Crippen LogP contribution in [0.4, 0.5) is 14.8 Å². The summed E-state index contributed by atoms with van der Waals surface area (Å²) in [7, 11) is -0.374. The maximum atomic E-state index is 14.7.